The second-order valence-electron chi connectivity index (χ2n) is 3.91. The van der Waals surface area contributed by atoms with E-state index in [0.29, 0.717) is 0 Å². The van der Waals surface area contributed by atoms with E-state index in [9.17, 15) is 14.7 Å². The summed E-state index contributed by atoms with van der Waals surface area (Å²) in [7, 11) is 0. The summed E-state index contributed by atoms with van der Waals surface area (Å²) in [6.07, 6.45) is -1.75. The van der Waals surface area contributed by atoms with Crippen LogP contribution in [-0.2, 0) is 19.1 Å². The summed E-state index contributed by atoms with van der Waals surface area (Å²) < 4.78 is 10.2. The van der Waals surface area contributed by atoms with E-state index in [1.54, 1.807) is 6.92 Å². The lowest BCUT2D eigenvalue weighted by atomic mass is 9.99. The van der Waals surface area contributed by atoms with Crippen LogP contribution in [0.25, 0.3) is 0 Å². The Bertz CT molecular complexity index is 280. The number of aliphatic hydroxyl groups is 1. The molecule has 1 amide bonds. The van der Waals surface area contributed by atoms with Gasteiger partial charge in [-0.2, -0.15) is 0 Å². The molecular weight excluding hydrogens is 214 g/mol. The lowest BCUT2D eigenvalue weighted by Gasteiger charge is -2.38. The van der Waals surface area contributed by atoms with Crippen molar-refractivity contribution in [2.45, 2.75) is 51.7 Å². The molecule has 1 saturated heterocycles. The average molecular weight is 231 g/mol. The lowest BCUT2D eigenvalue weighted by Crippen LogP contribution is -2.56. The van der Waals surface area contributed by atoms with Crippen molar-refractivity contribution in [3.05, 3.63) is 0 Å². The first-order valence-corrected chi connectivity index (χ1v) is 5.18. The van der Waals surface area contributed by atoms with Gasteiger partial charge in [0.25, 0.3) is 0 Å². The summed E-state index contributed by atoms with van der Waals surface area (Å²) in [5, 5.41) is 12.0. The number of hydrogen-bond acceptors (Lipinski definition) is 5. The monoisotopic (exact) mass is 231 g/mol. The van der Waals surface area contributed by atoms with Gasteiger partial charge in [-0.05, 0) is 6.92 Å². The zero-order valence-corrected chi connectivity index (χ0v) is 9.60. The fourth-order valence-corrected chi connectivity index (χ4v) is 1.83. The summed E-state index contributed by atoms with van der Waals surface area (Å²) in [5.74, 6) is -0.671. The number of nitrogens with one attached hydrogen (secondary N) is 1. The van der Waals surface area contributed by atoms with Crippen LogP contribution < -0.4 is 5.32 Å². The van der Waals surface area contributed by atoms with E-state index in [-0.39, 0.29) is 12.3 Å². The maximum absolute atomic E-state index is 11.0. The van der Waals surface area contributed by atoms with Gasteiger partial charge in [0.15, 0.2) is 6.29 Å². The topological polar surface area (TPSA) is 84.9 Å². The molecule has 0 aromatic carbocycles. The molecule has 6 nitrogen and oxygen atoms in total. The largest absolute Gasteiger partial charge is 0.458 e. The van der Waals surface area contributed by atoms with E-state index >= 15 is 0 Å². The highest BCUT2D eigenvalue weighted by atomic mass is 16.6. The Hall–Kier alpha value is -1.14. The first kappa shape index (κ1) is 12.9. The van der Waals surface area contributed by atoms with E-state index in [2.05, 4.69) is 5.32 Å². The SMILES string of the molecule is CC(=O)N[C@@H]1CC(O)O[C@H](C)[C@H]1OC(C)=O. The number of ether oxygens (including phenoxy) is 2. The third-order valence-electron chi connectivity index (χ3n) is 2.38. The smallest absolute Gasteiger partial charge is 0.303 e. The maximum atomic E-state index is 11.0. The van der Waals surface area contributed by atoms with Crippen LogP contribution in [0.5, 0.6) is 0 Å². The maximum Gasteiger partial charge on any atom is 0.303 e. The first-order valence-electron chi connectivity index (χ1n) is 5.18. The lowest BCUT2D eigenvalue weighted by molar-refractivity contribution is -0.214. The Balaban J connectivity index is 2.71. The van der Waals surface area contributed by atoms with E-state index in [1.165, 1.54) is 13.8 Å². The molecule has 0 saturated carbocycles. The Labute approximate surface area is 93.9 Å². The summed E-state index contributed by atoms with van der Waals surface area (Å²) in [6.45, 7) is 4.35. The van der Waals surface area contributed by atoms with Gasteiger partial charge in [0.1, 0.15) is 6.10 Å². The minimum Gasteiger partial charge on any atom is -0.458 e. The van der Waals surface area contributed by atoms with E-state index < -0.39 is 30.5 Å². The predicted molar refractivity (Wildman–Crippen MR) is 54.3 cm³/mol. The number of carbonyl (C=O) groups excluding carboxylic acids is 2. The van der Waals surface area contributed by atoms with Crippen LogP contribution >= 0.6 is 0 Å². The van der Waals surface area contributed by atoms with Crippen molar-refractivity contribution >= 4 is 11.9 Å². The highest BCUT2D eigenvalue weighted by Gasteiger charge is 2.38. The molecule has 0 aromatic heterocycles. The molecule has 4 atom stereocenters. The van der Waals surface area contributed by atoms with Gasteiger partial charge in [-0.15, -0.1) is 0 Å². The number of hydrogen-bond donors (Lipinski definition) is 2. The van der Waals surface area contributed by atoms with E-state index in [0.717, 1.165) is 0 Å². The molecule has 0 aliphatic carbocycles. The molecule has 2 N–H and O–H groups in total. The Morgan fingerprint density at radius 1 is 1.44 bits per heavy atom. The highest BCUT2D eigenvalue weighted by Crippen LogP contribution is 2.21. The molecule has 0 bridgehead atoms. The van der Waals surface area contributed by atoms with E-state index in [1.807, 2.05) is 0 Å². The summed E-state index contributed by atoms with van der Waals surface area (Å²) in [5.41, 5.74) is 0. The summed E-state index contributed by atoms with van der Waals surface area (Å²) in [4.78, 5) is 21.9. The fourth-order valence-electron chi connectivity index (χ4n) is 1.83. The third kappa shape index (κ3) is 3.46. The van der Waals surface area contributed by atoms with Crippen LogP contribution in [0.1, 0.15) is 27.2 Å². The molecule has 1 unspecified atom stereocenters. The van der Waals surface area contributed by atoms with Crippen LogP contribution in [0.4, 0.5) is 0 Å². The summed E-state index contributed by atoms with van der Waals surface area (Å²) in [6, 6.07) is -0.417. The Morgan fingerprint density at radius 2 is 2.06 bits per heavy atom. The molecule has 0 aromatic rings. The molecule has 0 radical (unpaired) electrons. The molecule has 1 aliphatic rings. The van der Waals surface area contributed by atoms with Crippen molar-refractivity contribution < 1.29 is 24.2 Å². The van der Waals surface area contributed by atoms with Gasteiger partial charge in [-0.25, -0.2) is 0 Å². The molecule has 1 heterocycles. The zero-order valence-electron chi connectivity index (χ0n) is 9.60. The van der Waals surface area contributed by atoms with E-state index in [4.69, 9.17) is 9.47 Å². The average Bonchev–Trinajstić information content (AvgIpc) is 2.09. The second-order valence-corrected chi connectivity index (χ2v) is 3.91. The number of rotatable bonds is 2. The van der Waals surface area contributed by atoms with Gasteiger partial charge in [-0.1, -0.05) is 0 Å². The second kappa shape index (κ2) is 5.27. The summed E-state index contributed by atoms with van der Waals surface area (Å²) >= 11 is 0. The minimum atomic E-state index is -0.946. The van der Waals surface area contributed by atoms with Gasteiger partial charge in [0.05, 0.1) is 12.1 Å². The zero-order chi connectivity index (χ0) is 12.3. The Kier molecular flexibility index (Phi) is 4.26. The molecule has 0 spiro atoms. The normalized spacial score (nSPS) is 34.2. The molecule has 1 fully saturated rings. The van der Waals surface area contributed by atoms with Crippen LogP contribution in [0.2, 0.25) is 0 Å². The van der Waals surface area contributed by atoms with Crippen LogP contribution in [0, 0.1) is 0 Å². The van der Waals surface area contributed by atoms with Gasteiger partial charge >= 0.3 is 5.97 Å². The van der Waals surface area contributed by atoms with Gasteiger partial charge in [0.2, 0.25) is 5.91 Å². The number of amides is 1. The van der Waals surface area contributed by atoms with Crippen LogP contribution in [-0.4, -0.2) is 41.5 Å². The van der Waals surface area contributed by atoms with Crippen molar-refractivity contribution in [2.75, 3.05) is 0 Å². The molecule has 16 heavy (non-hydrogen) atoms. The van der Waals surface area contributed by atoms with Crippen molar-refractivity contribution in [1.29, 1.82) is 0 Å². The molecule has 92 valence electrons. The predicted octanol–water partition coefficient (Wildman–Crippen LogP) is -0.450. The third-order valence-corrected chi connectivity index (χ3v) is 2.38. The van der Waals surface area contributed by atoms with Gasteiger partial charge < -0.3 is 19.9 Å². The van der Waals surface area contributed by atoms with Crippen molar-refractivity contribution in [3.8, 4) is 0 Å². The minimum absolute atomic E-state index is 0.210. The molecular formula is C10H17NO5. The van der Waals surface area contributed by atoms with Crippen LogP contribution in [0.15, 0.2) is 0 Å². The van der Waals surface area contributed by atoms with Crippen molar-refractivity contribution in [3.63, 3.8) is 0 Å². The van der Waals surface area contributed by atoms with Crippen LogP contribution in [0.3, 0.4) is 0 Å². The standard InChI is InChI=1S/C10H17NO5/c1-5-10(16-7(3)13)8(11-6(2)12)4-9(14)15-5/h5,8-10,14H,4H2,1-3H3,(H,11,12)/t5-,8-,9?,10-/m1/s1. The number of aliphatic hydroxyl groups excluding tert-OH is 1. The van der Waals surface area contributed by atoms with Crippen molar-refractivity contribution in [1.82, 2.24) is 5.32 Å². The molecule has 1 aliphatic heterocycles. The fraction of sp³-hybridized carbons (Fsp3) is 0.800. The van der Waals surface area contributed by atoms with Crippen molar-refractivity contribution in [2.24, 2.45) is 0 Å². The van der Waals surface area contributed by atoms with Gasteiger partial charge in [0, 0.05) is 20.3 Å². The number of carbonyl (C=O) groups is 2. The number of esters is 1. The van der Waals surface area contributed by atoms with Gasteiger partial charge in [-0.3, -0.25) is 9.59 Å². The Morgan fingerprint density at radius 3 is 2.56 bits per heavy atom. The quantitative estimate of drug-likeness (QED) is 0.629. The molecule has 6 heteroatoms. The first-order chi connectivity index (χ1) is 7.40. The highest BCUT2D eigenvalue weighted by molar-refractivity contribution is 5.73. The molecule has 1 rings (SSSR count).